The summed E-state index contributed by atoms with van der Waals surface area (Å²) in [5, 5.41) is 11.8. The van der Waals surface area contributed by atoms with Gasteiger partial charge in [-0.2, -0.15) is 0 Å². The zero-order chi connectivity index (χ0) is 15.4. The molecule has 21 heavy (non-hydrogen) atoms. The molecule has 4 nitrogen and oxygen atoms in total. The van der Waals surface area contributed by atoms with Gasteiger partial charge < -0.3 is 15.7 Å². The van der Waals surface area contributed by atoms with Crippen LogP contribution < -0.4 is 10.5 Å². The number of halogens is 3. The van der Waals surface area contributed by atoms with E-state index in [9.17, 15) is 4.39 Å². The normalized spacial score (nSPS) is 11.5. The maximum absolute atomic E-state index is 14.2. The van der Waals surface area contributed by atoms with E-state index in [4.69, 9.17) is 27.3 Å². The highest BCUT2D eigenvalue weighted by Crippen LogP contribution is 2.29. The minimum Gasteiger partial charge on any atom is -0.487 e. The minimum atomic E-state index is -0.598. The molecule has 0 saturated carbocycles. The minimum absolute atomic E-state index is 0.0129. The summed E-state index contributed by atoms with van der Waals surface area (Å²) in [6.45, 7) is -0.0332. The van der Waals surface area contributed by atoms with Gasteiger partial charge in [0.25, 0.3) is 0 Å². The Kier molecular flexibility index (Phi) is 5.03. The molecule has 0 spiro atoms. The first-order valence-electron chi connectivity index (χ1n) is 5.86. The van der Waals surface area contributed by atoms with Gasteiger partial charge in [0.15, 0.2) is 5.84 Å². The van der Waals surface area contributed by atoms with E-state index >= 15 is 0 Å². The van der Waals surface area contributed by atoms with Crippen LogP contribution in [0, 0.1) is 5.82 Å². The van der Waals surface area contributed by atoms with Crippen LogP contribution in [0.5, 0.6) is 5.75 Å². The predicted molar refractivity (Wildman–Crippen MR) is 82.4 cm³/mol. The fourth-order valence-electron chi connectivity index (χ4n) is 1.69. The number of nitrogens with zero attached hydrogens (tertiary/aromatic N) is 1. The summed E-state index contributed by atoms with van der Waals surface area (Å²) >= 11 is 9.30. The number of hydrogen-bond donors (Lipinski definition) is 2. The van der Waals surface area contributed by atoms with Crippen molar-refractivity contribution in [3.63, 3.8) is 0 Å². The van der Waals surface area contributed by atoms with Gasteiger partial charge >= 0.3 is 0 Å². The molecule has 0 fully saturated rings. The van der Waals surface area contributed by atoms with Crippen molar-refractivity contribution >= 4 is 33.4 Å². The third-order valence-corrected chi connectivity index (χ3v) is 3.54. The molecule has 3 N–H and O–H groups in total. The van der Waals surface area contributed by atoms with Gasteiger partial charge in [0.1, 0.15) is 18.2 Å². The lowest BCUT2D eigenvalue weighted by Gasteiger charge is -2.11. The molecule has 0 bridgehead atoms. The van der Waals surface area contributed by atoms with Crippen molar-refractivity contribution in [3.8, 4) is 5.75 Å². The molecule has 0 atom stereocenters. The highest BCUT2D eigenvalue weighted by Gasteiger charge is 2.12. The average molecular weight is 374 g/mol. The smallest absolute Gasteiger partial charge is 0.173 e. The molecule has 2 rings (SSSR count). The molecule has 0 unspecified atom stereocenters. The molecule has 0 amide bonds. The van der Waals surface area contributed by atoms with Crippen LogP contribution in [0.15, 0.2) is 46.0 Å². The number of hydrogen-bond acceptors (Lipinski definition) is 3. The van der Waals surface area contributed by atoms with Crippen molar-refractivity contribution in [2.24, 2.45) is 10.9 Å². The number of ether oxygens (including phenoxy) is 1. The van der Waals surface area contributed by atoms with E-state index in [1.165, 1.54) is 6.07 Å². The van der Waals surface area contributed by atoms with Crippen LogP contribution in [0.1, 0.15) is 11.1 Å². The number of oxime groups is 1. The Labute approximate surface area is 134 Å². The Bertz CT molecular complexity index is 695. The summed E-state index contributed by atoms with van der Waals surface area (Å²) in [7, 11) is 0. The number of nitrogens with two attached hydrogens (primary N) is 1. The number of rotatable bonds is 4. The Morgan fingerprint density at radius 2 is 2.14 bits per heavy atom. The molecule has 2 aromatic carbocycles. The van der Waals surface area contributed by atoms with E-state index in [0.29, 0.717) is 10.8 Å². The lowest BCUT2D eigenvalue weighted by molar-refractivity contribution is 0.299. The fourth-order valence-corrected chi connectivity index (χ4v) is 2.20. The molecule has 0 radical (unpaired) electrons. The van der Waals surface area contributed by atoms with E-state index in [-0.39, 0.29) is 23.6 Å². The van der Waals surface area contributed by atoms with Gasteiger partial charge in [-0.3, -0.25) is 0 Å². The Morgan fingerprint density at radius 1 is 1.38 bits per heavy atom. The zero-order valence-corrected chi connectivity index (χ0v) is 13.0. The van der Waals surface area contributed by atoms with Crippen molar-refractivity contribution in [1.82, 2.24) is 0 Å². The summed E-state index contributed by atoms with van der Waals surface area (Å²) < 4.78 is 20.5. The Hall–Kier alpha value is -1.79. The monoisotopic (exact) mass is 372 g/mol. The zero-order valence-electron chi connectivity index (χ0n) is 10.7. The molecule has 110 valence electrons. The van der Waals surface area contributed by atoms with Gasteiger partial charge in [0, 0.05) is 10.0 Å². The maximum Gasteiger partial charge on any atom is 0.173 e. The van der Waals surface area contributed by atoms with Crippen molar-refractivity contribution in [2.45, 2.75) is 6.61 Å². The second-order valence-corrected chi connectivity index (χ2v) is 5.45. The van der Waals surface area contributed by atoms with Gasteiger partial charge in [-0.25, -0.2) is 4.39 Å². The van der Waals surface area contributed by atoms with Crippen LogP contribution in [-0.4, -0.2) is 11.0 Å². The lowest BCUT2D eigenvalue weighted by Crippen LogP contribution is -2.16. The van der Waals surface area contributed by atoms with Crippen LogP contribution in [0.25, 0.3) is 0 Å². The van der Waals surface area contributed by atoms with Crippen molar-refractivity contribution in [3.05, 3.63) is 62.8 Å². The molecule has 2 aromatic rings. The second kappa shape index (κ2) is 6.78. The van der Waals surface area contributed by atoms with Crippen LogP contribution in [-0.2, 0) is 6.61 Å². The quantitative estimate of drug-likeness (QED) is 0.369. The van der Waals surface area contributed by atoms with E-state index in [1.54, 1.807) is 30.3 Å². The fraction of sp³-hybridized carbons (Fsp3) is 0.0714. The Balaban J connectivity index is 2.23. The molecule has 7 heteroatoms. The second-order valence-electron chi connectivity index (χ2n) is 4.13. The van der Waals surface area contributed by atoms with Crippen LogP contribution in [0.4, 0.5) is 4.39 Å². The summed E-state index contributed by atoms with van der Waals surface area (Å²) in [6, 6.07) is 9.69. The summed E-state index contributed by atoms with van der Waals surface area (Å²) in [5.41, 5.74) is 5.69. The largest absolute Gasteiger partial charge is 0.487 e. The van der Waals surface area contributed by atoms with Crippen LogP contribution in [0.2, 0.25) is 5.02 Å². The van der Waals surface area contributed by atoms with Crippen LogP contribution in [0.3, 0.4) is 0 Å². The highest BCUT2D eigenvalue weighted by atomic mass is 79.9. The molecule has 0 aliphatic carbocycles. The summed E-state index contributed by atoms with van der Waals surface area (Å²) in [4.78, 5) is 0. The lowest BCUT2D eigenvalue weighted by atomic mass is 10.1. The predicted octanol–water partition coefficient (Wildman–Crippen LogP) is 3.92. The van der Waals surface area contributed by atoms with E-state index in [2.05, 4.69) is 21.1 Å². The molecule has 0 aliphatic heterocycles. The highest BCUT2D eigenvalue weighted by molar-refractivity contribution is 9.10. The van der Waals surface area contributed by atoms with Gasteiger partial charge in [-0.1, -0.05) is 44.8 Å². The third kappa shape index (κ3) is 3.65. The van der Waals surface area contributed by atoms with Crippen molar-refractivity contribution in [1.29, 1.82) is 0 Å². The average Bonchev–Trinajstić information content (AvgIpc) is 2.48. The van der Waals surface area contributed by atoms with Crippen molar-refractivity contribution in [2.75, 3.05) is 0 Å². The topological polar surface area (TPSA) is 67.8 Å². The molecule has 0 aliphatic rings. The molecular formula is C14H11BrClFN2O2. The number of benzene rings is 2. The van der Waals surface area contributed by atoms with Gasteiger partial charge in [-0.15, -0.1) is 0 Å². The summed E-state index contributed by atoms with van der Waals surface area (Å²) in [6.07, 6.45) is 0. The van der Waals surface area contributed by atoms with E-state index in [1.807, 2.05) is 0 Å². The standard InChI is InChI=1S/C14H11BrClFN2O2/c15-9-4-5-11(16)12(6-9)21-7-8-2-1-3-10(13(8)17)14(18)19-20/h1-6,20H,7H2,(H2,18,19). The van der Waals surface area contributed by atoms with Gasteiger partial charge in [0.2, 0.25) is 0 Å². The maximum atomic E-state index is 14.2. The van der Waals surface area contributed by atoms with Gasteiger partial charge in [0.05, 0.1) is 10.6 Å². The first-order chi connectivity index (χ1) is 10.0. The van der Waals surface area contributed by atoms with Gasteiger partial charge in [-0.05, 0) is 24.3 Å². The summed E-state index contributed by atoms with van der Waals surface area (Å²) in [5.74, 6) is -0.464. The Morgan fingerprint density at radius 3 is 2.86 bits per heavy atom. The van der Waals surface area contributed by atoms with Crippen molar-refractivity contribution < 1.29 is 14.3 Å². The molecule has 0 aromatic heterocycles. The molecule has 0 saturated heterocycles. The first-order valence-corrected chi connectivity index (χ1v) is 7.03. The number of amidine groups is 1. The van der Waals surface area contributed by atoms with E-state index < -0.39 is 5.82 Å². The molecule has 0 heterocycles. The first kappa shape index (κ1) is 15.6. The van der Waals surface area contributed by atoms with Crippen LogP contribution >= 0.6 is 27.5 Å². The SMILES string of the molecule is N/C(=N/O)c1cccc(COc2cc(Br)ccc2Cl)c1F. The molecular weight excluding hydrogens is 363 g/mol. The third-order valence-electron chi connectivity index (χ3n) is 2.74. The van der Waals surface area contributed by atoms with E-state index in [0.717, 1.165) is 4.47 Å².